The van der Waals surface area contributed by atoms with Gasteiger partial charge in [0.15, 0.2) is 0 Å². The van der Waals surface area contributed by atoms with E-state index in [2.05, 4.69) is 20.8 Å². The molecule has 2 aliphatic carbocycles. The SMILES string of the molecule is CC1(C)C2CC[C@]1(C)[C@@H](O)[C@H]2O. The zero-order valence-electron chi connectivity index (χ0n) is 8.04. The zero-order chi connectivity index (χ0) is 9.15. The molecule has 2 aliphatic rings. The fourth-order valence-electron chi connectivity index (χ4n) is 3.29. The topological polar surface area (TPSA) is 40.5 Å². The summed E-state index contributed by atoms with van der Waals surface area (Å²) >= 11 is 0. The van der Waals surface area contributed by atoms with E-state index in [4.69, 9.17) is 0 Å². The quantitative estimate of drug-likeness (QED) is 0.573. The third kappa shape index (κ3) is 0.647. The fraction of sp³-hybridized carbons (Fsp3) is 1.00. The summed E-state index contributed by atoms with van der Waals surface area (Å²) in [4.78, 5) is 0. The van der Waals surface area contributed by atoms with Gasteiger partial charge in [0.25, 0.3) is 0 Å². The van der Waals surface area contributed by atoms with Crippen molar-refractivity contribution in [3.05, 3.63) is 0 Å². The van der Waals surface area contributed by atoms with Crippen LogP contribution in [0.4, 0.5) is 0 Å². The molecule has 4 atom stereocenters. The lowest BCUT2D eigenvalue weighted by Crippen LogP contribution is -2.39. The Morgan fingerprint density at radius 3 is 2.00 bits per heavy atom. The van der Waals surface area contributed by atoms with Crippen LogP contribution in [0.5, 0.6) is 0 Å². The molecule has 0 amide bonds. The number of rotatable bonds is 0. The maximum Gasteiger partial charge on any atom is 0.0860 e. The van der Waals surface area contributed by atoms with Crippen LogP contribution in [0.2, 0.25) is 0 Å². The highest BCUT2D eigenvalue weighted by atomic mass is 16.3. The first-order valence-electron chi connectivity index (χ1n) is 4.77. The zero-order valence-corrected chi connectivity index (χ0v) is 8.04. The lowest BCUT2D eigenvalue weighted by molar-refractivity contribution is -0.0508. The summed E-state index contributed by atoms with van der Waals surface area (Å²) in [6.45, 7) is 6.45. The minimum absolute atomic E-state index is 0.0584. The predicted molar refractivity (Wildman–Crippen MR) is 46.6 cm³/mol. The van der Waals surface area contributed by atoms with Crippen LogP contribution in [-0.4, -0.2) is 22.4 Å². The third-order valence-corrected chi connectivity index (χ3v) is 4.76. The van der Waals surface area contributed by atoms with E-state index in [-0.39, 0.29) is 10.8 Å². The van der Waals surface area contributed by atoms with Gasteiger partial charge in [-0.2, -0.15) is 0 Å². The average molecular weight is 170 g/mol. The third-order valence-electron chi connectivity index (χ3n) is 4.76. The highest BCUT2D eigenvalue weighted by Gasteiger charge is 2.65. The molecule has 0 saturated heterocycles. The molecule has 2 N–H and O–H groups in total. The lowest BCUT2D eigenvalue weighted by atomic mass is 9.70. The highest BCUT2D eigenvalue weighted by Crippen LogP contribution is 2.65. The first-order chi connectivity index (χ1) is 5.41. The Bertz CT molecular complexity index is 212. The molecule has 0 spiro atoms. The number of hydrogen-bond acceptors (Lipinski definition) is 2. The van der Waals surface area contributed by atoms with Crippen LogP contribution in [0.25, 0.3) is 0 Å². The van der Waals surface area contributed by atoms with Crippen LogP contribution < -0.4 is 0 Å². The van der Waals surface area contributed by atoms with E-state index in [1.165, 1.54) is 0 Å². The summed E-state index contributed by atoms with van der Waals surface area (Å²) in [5.74, 6) is 0.303. The van der Waals surface area contributed by atoms with E-state index < -0.39 is 12.2 Å². The molecule has 2 bridgehead atoms. The summed E-state index contributed by atoms with van der Waals surface area (Å²) < 4.78 is 0. The minimum atomic E-state index is -0.508. The minimum Gasteiger partial charge on any atom is -0.390 e. The standard InChI is InChI=1S/C10H18O2/c1-9(2)6-4-5-10(9,3)8(12)7(6)11/h6-8,11-12H,4-5H2,1-3H3/t6?,7-,8-,10+/m0/s1. The van der Waals surface area contributed by atoms with E-state index in [0.29, 0.717) is 5.92 Å². The maximum absolute atomic E-state index is 9.83. The van der Waals surface area contributed by atoms with Gasteiger partial charge in [0.05, 0.1) is 12.2 Å². The molecule has 1 unspecified atom stereocenters. The van der Waals surface area contributed by atoms with Gasteiger partial charge in [-0.15, -0.1) is 0 Å². The molecule has 2 saturated carbocycles. The summed E-state index contributed by atoms with van der Waals surface area (Å²) in [5.41, 5.74) is 0.0446. The maximum atomic E-state index is 9.83. The summed E-state index contributed by atoms with van der Waals surface area (Å²) in [6.07, 6.45) is 1.13. The predicted octanol–water partition coefficient (Wildman–Crippen LogP) is 1.16. The molecule has 0 aromatic heterocycles. The van der Waals surface area contributed by atoms with Crippen molar-refractivity contribution in [3.63, 3.8) is 0 Å². The van der Waals surface area contributed by atoms with Gasteiger partial charge in [0, 0.05) is 5.41 Å². The number of hydrogen-bond donors (Lipinski definition) is 2. The smallest absolute Gasteiger partial charge is 0.0860 e. The number of aliphatic hydroxyl groups is 2. The molecular formula is C10H18O2. The Hall–Kier alpha value is -0.0800. The first-order valence-corrected chi connectivity index (χ1v) is 4.77. The normalized spacial score (nSPS) is 56.2. The van der Waals surface area contributed by atoms with Gasteiger partial charge in [-0.3, -0.25) is 0 Å². The Morgan fingerprint density at radius 1 is 1.17 bits per heavy atom. The van der Waals surface area contributed by atoms with Gasteiger partial charge in [-0.05, 0) is 24.2 Å². The summed E-state index contributed by atoms with van der Waals surface area (Å²) in [6, 6.07) is 0. The van der Waals surface area contributed by atoms with E-state index >= 15 is 0 Å². The summed E-state index contributed by atoms with van der Waals surface area (Å²) in [5, 5.41) is 19.6. The van der Waals surface area contributed by atoms with E-state index in [9.17, 15) is 10.2 Å². The van der Waals surface area contributed by atoms with Crippen LogP contribution in [-0.2, 0) is 0 Å². The number of aliphatic hydroxyl groups excluding tert-OH is 2. The van der Waals surface area contributed by atoms with Crippen molar-refractivity contribution in [2.75, 3.05) is 0 Å². The molecular weight excluding hydrogens is 152 g/mol. The van der Waals surface area contributed by atoms with Gasteiger partial charge in [-0.1, -0.05) is 20.8 Å². The van der Waals surface area contributed by atoms with Crippen molar-refractivity contribution in [2.45, 2.75) is 45.8 Å². The van der Waals surface area contributed by atoms with Gasteiger partial charge in [0.1, 0.15) is 0 Å². The van der Waals surface area contributed by atoms with Crippen LogP contribution in [0.1, 0.15) is 33.6 Å². The van der Waals surface area contributed by atoms with Gasteiger partial charge in [0.2, 0.25) is 0 Å². The second-order valence-corrected chi connectivity index (χ2v) is 5.22. The van der Waals surface area contributed by atoms with Crippen LogP contribution in [0.15, 0.2) is 0 Å². The Balaban J connectivity index is 2.44. The molecule has 12 heavy (non-hydrogen) atoms. The van der Waals surface area contributed by atoms with Crippen molar-refractivity contribution < 1.29 is 10.2 Å². The Morgan fingerprint density at radius 2 is 1.75 bits per heavy atom. The molecule has 0 aromatic rings. The van der Waals surface area contributed by atoms with Crippen molar-refractivity contribution in [1.82, 2.24) is 0 Å². The van der Waals surface area contributed by atoms with Gasteiger partial charge < -0.3 is 10.2 Å². The largest absolute Gasteiger partial charge is 0.390 e. The van der Waals surface area contributed by atoms with E-state index in [1.54, 1.807) is 0 Å². The molecule has 0 heterocycles. The Labute approximate surface area is 73.6 Å². The molecule has 2 heteroatoms. The molecule has 0 aliphatic heterocycles. The lowest BCUT2D eigenvalue weighted by Gasteiger charge is -2.36. The van der Waals surface area contributed by atoms with E-state index in [0.717, 1.165) is 12.8 Å². The molecule has 2 rings (SSSR count). The molecule has 2 fully saturated rings. The van der Waals surface area contributed by atoms with Crippen LogP contribution in [0.3, 0.4) is 0 Å². The van der Waals surface area contributed by atoms with Crippen LogP contribution in [0, 0.1) is 16.7 Å². The molecule has 0 radical (unpaired) electrons. The molecule has 2 nitrogen and oxygen atoms in total. The van der Waals surface area contributed by atoms with Crippen molar-refractivity contribution in [2.24, 2.45) is 16.7 Å². The van der Waals surface area contributed by atoms with Gasteiger partial charge >= 0.3 is 0 Å². The highest BCUT2D eigenvalue weighted by molar-refractivity contribution is 5.14. The second kappa shape index (κ2) is 2.05. The average Bonchev–Trinajstić information content (AvgIpc) is 2.26. The first kappa shape index (κ1) is 8.52. The van der Waals surface area contributed by atoms with Crippen molar-refractivity contribution in [1.29, 1.82) is 0 Å². The summed E-state index contributed by atoms with van der Waals surface area (Å²) in [7, 11) is 0. The van der Waals surface area contributed by atoms with Crippen LogP contribution >= 0.6 is 0 Å². The number of fused-ring (bicyclic) bond motifs is 2. The molecule has 70 valence electrons. The Kier molecular flexibility index (Phi) is 1.45. The fourth-order valence-corrected chi connectivity index (χ4v) is 3.29. The van der Waals surface area contributed by atoms with E-state index in [1.807, 2.05) is 0 Å². The van der Waals surface area contributed by atoms with Gasteiger partial charge in [-0.25, -0.2) is 0 Å². The second-order valence-electron chi connectivity index (χ2n) is 5.22. The molecule has 0 aromatic carbocycles. The monoisotopic (exact) mass is 170 g/mol. The van der Waals surface area contributed by atoms with Crippen molar-refractivity contribution >= 4 is 0 Å². The van der Waals surface area contributed by atoms with Crippen molar-refractivity contribution in [3.8, 4) is 0 Å².